The summed E-state index contributed by atoms with van der Waals surface area (Å²) >= 11 is 0. The molecule has 2 bridgehead atoms. The van der Waals surface area contributed by atoms with Gasteiger partial charge in [-0.15, -0.1) is 0 Å². The Morgan fingerprint density at radius 1 is 0.867 bits per heavy atom. The van der Waals surface area contributed by atoms with Crippen LogP contribution in [0.25, 0.3) is 0 Å². The Morgan fingerprint density at radius 2 is 1.40 bits per heavy atom. The molecule has 3 heterocycles. The van der Waals surface area contributed by atoms with E-state index in [1.165, 1.54) is 4.57 Å². The third-order valence-electron chi connectivity index (χ3n) is 6.71. The molecule has 6 heteroatoms. The van der Waals surface area contributed by atoms with Crippen LogP contribution in [0.15, 0.2) is 58.1 Å². The first kappa shape index (κ1) is 19.1. The van der Waals surface area contributed by atoms with Crippen molar-refractivity contribution in [2.45, 2.75) is 38.3 Å². The number of nitrogens with zero attached hydrogens (tertiary/aromatic N) is 4. The van der Waals surface area contributed by atoms with Gasteiger partial charge in [0.15, 0.2) is 0 Å². The van der Waals surface area contributed by atoms with Crippen LogP contribution < -0.4 is 11.4 Å². The van der Waals surface area contributed by atoms with Crippen molar-refractivity contribution in [1.82, 2.24) is 18.8 Å². The standard InChI is InChI=1S/C24H28N4O2/c1-4-14-26(15-5-2)16-24-19-12-8-6-10-17(19)21(18-11-7-9-13-20(18)24)27-22(29)25(3)23(30)28(24)27/h6-13,21H,4-5,14-16H2,1-3H3. The van der Waals surface area contributed by atoms with Gasteiger partial charge < -0.3 is 4.90 Å². The van der Waals surface area contributed by atoms with Gasteiger partial charge >= 0.3 is 11.4 Å². The predicted octanol–water partition coefficient (Wildman–Crippen LogP) is 2.53. The molecule has 156 valence electrons. The maximum Gasteiger partial charge on any atom is 0.348 e. The Bertz CT molecular complexity index is 1180. The van der Waals surface area contributed by atoms with Gasteiger partial charge in [-0.1, -0.05) is 62.4 Å². The van der Waals surface area contributed by atoms with Gasteiger partial charge in [-0.25, -0.2) is 23.5 Å². The Labute approximate surface area is 176 Å². The zero-order valence-electron chi connectivity index (χ0n) is 17.8. The lowest BCUT2D eigenvalue weighted by atomic mass is 9.68. The van der Waals surface area contributed by atoms with E-state index < -0.39 is 5.54 Å². The molecule has 30 heavy (non-hydrogen) atoms. The van der Waals surface area contributed by atoms with Gasteiger partial charge in [-0.05, 0) is 48.2 Å². The minimum Gasteiger partial charge on any atom is -0.300 e. The summed E-state index contributed by atoms with van der Waals surface area (Å²) in [7, 11) is 1.58. The van der Waals surface area contributed by atoms with E-state index >= 15 is 0 Å². The van der Waals surface area contributed by atoms with Crippen LogP contribution in [-0.2, 0) is 12.6 Å². The van der Waals surface area contributed by atoms with E-state index in [0.717, 1.165) is 48.2 Å². The Balaban J connectivity index is 1.90. The minimum atomic E-state index is -0.718. The maximum atomic E-state index is 13.4. The summed E-state index contributed by atoms with van der Waals surface area (Å²) in [4.78, 5) is 29.1. The van der Waals surface area contributed by atoms with Crippen molar-refractivity contribution in [3.05, 3.63) is 91.8 Å². The zero-order chi connectivity index (χ0) is 21.0. The van der Waals surface area contributed by atoms with Crippen molar-refractivity contribution < 1.29 is 0 Å². The molecule has 6 rings (SSSR count). The molecule has 3 aromatic rings. The average Bonchev–Trinajstić information content (AvgIpc) is 3.00. The lowest BCUT2D eigenvalue weighted by Crippen LogP contribution is -2.60. The van der Waals surface area contributed by atoms with E-state index in [9.17, 15) is 9.59 Å². The van der Waals surface area contributed by atoms with E-state index in [0.29, 0.717) is 6.54 Å². The van der Waals surface area contributed by atoms with Crippen molar-refractivity contribution in [2.75, 3.05) is 19.6 Å². The van der Waals surface area contributed by atoms with Crippen molar-refractivity contribution in [1.29, 1.82) is 0 Å². The van der Waals surface area contributed by atoms with Crippen molar-refractivity contribution >= 4 is 0 Å². The van der Waals surface area contributed by atoms with E-state index in [-0.39, 0.29) is 17.4 Å². The van der Waals surface area contributed by atoms with E-state index in [1.807, 2.05) is 24.3 Å². The van der Waals surface area contributed by atoms with Gasteiger partial charge in [0.25, 0.3) is 0 Å². The Kier molecular flexibility index (Phi) is 4.36. The second kappa shape index (κ2) is 6.84. The molecule has 1 aromatic heterocycles. The van der Waals surface area contributed by atoms with Crippen LogP contribution in [0.5, 0.6) is 0 Å². The van der Waals surface area contributed by atoms with Crippen LogP contribution in [0.1, 0.15) is 55.0 Å². The number of hydrogen-bond acceptors (Lipinski definition) is 3. The molecule has 2 aliphatic heterocycles. The topological polar surface area (TPSA) is 52.2 Å². The van der Waals surface area contributed by atoms with Crippen molar-refractivity contribution in [3.63, 3.8) is 0 Å². The van der Waals surface area contributed by atoms with Crippen LogP contribution in [0.3, 0.4) is 0 Å². The summed E-state index contributed by atoms with van der Waals surface area (Å²) in [6, 6.07) is 16.4. The summed E-state index contributed by atoms with van der Waals surface area (Å²) in [6.45, 7) is 6.94. The van der Waals surface area contributed by atoms with Crippen LogP contribution in [0, 0.1) is 0 Å². The van der Waals surface area contributed by atoms with Gasteiger partial charge in [0, 0.05) is 13.6 Å². The van der Waals surface area contributed by atoms with Gasteiger partial charge in [-0.2, -0.15) is 0 Å². The van der Waals surface area contributed by atoms with E-state index in [2.05, 4.69) is 43.0 Å². The van der Waals surface area contributed by atoms with Crippen molar-refractivity contribution in [3.8, 4) is 0 Å². The minimum absolute atomic E-state index is 0.248. The van der Waals surface area contributed by atoms with Crippen LogP contribution in [0.2, 0.25) is 0 Å². The molecule has 0 atom stereocenters. The van der Waals surface area contributed by atoms with Crippen LogP contribution in [0.4, 0.5) is 0 Å². The van der Waals surface area contributed by atoms with Crippen LogP contribution in [-0.4, -0.2) is 38.5 Å². The Hall–Kier alpha value is -2.86. The highest BCUT2D eigenvalue weighted by molar-refractivity contribution is 5.58. The fourth-order valence-corrected chi connectivity index (χ4v) is 5.62. The molecule has 2 aromatic carbocycles. The van der Waals surface area contributed by atoms with Gasteiger partial charge in [0.1, 0.15) is 11.6 Å². The smallest absolute Gasteiger partial charge is 0.300 e. The molecule has 0 unspecified atom stereocenters. The second-order valence-electron chi connectivity index (χ2n) is 8.49. The molecule has 3 aliphatic rings. The third-order valence-corrected chi connectivity index (χ3v) is 6.71. The van der Waals surface area contributed by atoms with Gasteiger partial charge in [-0.3, -0.25) is 0 Å². The van der Waals surface area contributed by atoms with E-state index in [1.54, 1.807) is 16.4 Å². The van der Waals surface area contributed by atoms with E-state index in [4.69, 9.17) is 0 Å². The zero-order valence-corrected chi connectivity index (χ0v) is 17.8. The SMILES string of the molecule is CCCN(CCC)CC12c3ccccc3C(c3ccccc31)n1c(=O)n(C)c(=O)n12. The maximum absolute atomic E-state index is 13.4. The molecule has 0 saturated heterocycles. The molecule has 1 aliphatic carbocycles. The highest BCUT2D eigenvalue weighted by Gasteiger charge is 2.54. The van der Waals surface area contributed by atoms with Gasteiger partial charge in [0.2, 0.25) is 0 Å². The summed E-state index contributed by atoms with van der Waals surface area (Å²) in [5, 5.41) is 0. The molecule has 0 radical (unpaired) electrons. The molecule has 6 nitrogen and oxygen atoms in total. The van der Waals surface area contributed by atoms with Crippen LogP contribution >= 0.6 is 0 Å². The fourth-order valence-electron chi connectivity index (χ4n) is 5.62. The monoisotopic (exact) mass is 404 g/mol. The predicted molar refractivity (Wildman–Crippen MR) is 117 cm³/mol. The molecule has 0 spiro atoms. The average molecular weight is 405 g/mol. The molecule has 0 saturated carbocycles. The molecule has 0 N–H and O–H groups in total. The largest absolute Gasteiger partial charge is 0.348 e. The molecule has 0 amide bonds. The first-order chi connectivity index (χ1) is 14.6. The number of benzene rings is 2. The highest BCUT2D eigenvalue weighted by Crippen LogP contribution is 2.51. The lowest BCUT2D eigenvalue weighted by Gasteiger charge is -2.51. The second-order valence-corrected chi connectivity index (χ2v) is 8.49. The van der Waals surface area contributed by atoms with Gasteiger partial charge in [0.05, 0.1) is 0 Å². The molecular formula is C24H28N4O2. The normalized spacial score (nSPS) is 20.9. The number of rotatable bonds is 6. The number of hydrogen-bond donors (Lipinski definition) is 0. The lowest BCUT2D eigenvalue weighted by molar-refractivity contribution is 0.153. The fraction of sp³-hybridized carbons (Fsp3) is 0.417. The Morgan fingerprint density at radius 3 is 1.93 bits per heavy atom. The summed E-state index contributed by atoms with van der Waals surface area (Å²) in [5.74, 6) is 0. The number of aromatic nitrogens is 3. The summed E-state index contributed by atoms with van der Waals surface area (Å²) in [6.07, 6.45) is 2.08. The first-order valence-electron chi connectivity index (χ1n) is 10.9. The van der Waals surface area contributed by atoms with Crippen molar-refractivity contribution in [2.24, 2.45) is 7.05 Å². The summed E-state index contributed by atoms with van der Waals surface area (Å²) in [5.41, 5.74) is 3.30. The quantitative estimate of drug-likeness (QED) is 0.634. The summed E-state index contributed by atoms with van der Waals surface area (Å²) < 4.78 is 4.70. The first-order valence-corrected chi connectivity index (χ1v) is 10.9. The molecule has 0 fully saturated rings. The molecular weight excluding hydrogens is 376 g/mol. The highest BCUT2D eigenvalue weighted by atomic mass is 16.2. The third kappa shape index (κ3) is 2.28.